The van der Waals surface area contributed by atoms with Crippen molar-refractivity contribution >= 4 is 41.0 Å². The van der Waals surface area contributed by atoms with E-state index in [0.29, 0.717) is 22.0 Å². The summed E-state index contributed by atoms with van der Waals surface area (Å²) < 4.78 is 10.6. The molecule has 1 N–H and O–H groups in total. The Morgan fingerprint density at radius 3 is 2.34 bits per heavy atom. The van der Waals surface area contributed by atoms with Gasteiger partial charge in [0.15, 0.2) is 0 Å². The van der Waals surface area contributed by atoms with Crippen LogP contribution in [0, 0.1) is 0 Å². The Morgan fingerprint density at radius 1 is 1.00 bits per heavy atom. The van der Waals surface area contributed by atoms with Gasteiger partial charge < -0.3 is 14.8 Å². The number of rotatable bonds is 9. The molecule has 0 saturated carbocycles. The first kappa shape index (κ1) is 25.7. The van der Waals surface area contributed by atoms with Crippen LogP contribution in [0.3, 0.4) is 0 Å². The molecule has 172 valence electrons. The molecule has 2 aromatic carbocycles. The number of carbonyl (C=O) groups is 3. The second-order valence-electron chi connectivity index (χ2n) is 8.22. The Hall–Kier alpha value is -2.57. The zero-order valence-electron chi connectivity index (χ0n) is 18.3. The highest BCUT2D eigenvalue weighted by Crippen LogP contribution is 2.26. The molecule has 6 nitrogen and oxygen atoms in total. The third kappa shape index (κ3) is 8.89. The Morgan fingerprint density at radius 2 is 1.69 bits per heavy atom. The summed E-state index contributed by atoms with van der Waals surface area (Å²) in [5.41, 5.74) is 0.755. The lowest BCUT2D eigenvalue weighted by Crippen LogP contribution is -2.45. The fourth-order valence-electron chi connectivity index (χ4n) is 2.79. The van der Waals surface area contributed by atoms with E-state index in [9.17, 15) is 14.4 Å². The maximum absolute atomic E-state index is 12.6. The normalized spacial score (nSPS) is 12.0. The molecule has 0 aromatic heterocycles. The third-order valence-electron chi connectivity index (χ3n) is 4.29. The number of hydrogen-bond donors (Lipinski definition) is 1. The molecule has 0 radical (unpaired) electrons. The quantitative estimate of drug-likeness (QED) is 0.517. The molecule has 0 saturated heterocycles. The SMILES string of the molecule is CC(C)(C)OC(=O)[C@H](CC(=O)OCc1ccccc1)NC(=O)CCc1cccc(Cl)c1Cl. The summed E-state index contributed by atoms with van der Waals surface area (Å²) in [4.78, 5) is 37.4. The standard InChI is InChI=1S/C24H27Cl2NO5/c1-24(2,3)32-23(30)19(14-21(29)31-15-16-8-5-4-6-9-16)27-20(28)13-12-17-10-7-11-18(25)22(17)26/h4-11,19H,12-15H2,1-3H3,(H,27,28)/t19-/m0/s1. The van der Waals surface area contributed by atoms with Crippen molar-refractivity contribution in [2.45, 2.75) is 58.3 Å². The molecule has 0 heterocycles. The van der Waals surface area contributed by atoms with E-state index in [1.165, 1.54) is 0 Å². The van der Waals surface area contributed by atoms with Crippen molar-refractivity contribution in [1.29, 1.82) is 0 Å². The highest BCUT2D eigenvalue weighted by molar-refractivity contribution is 6.42. The second-order valence-corrected chi connectivity index (χ2v) is 9.00. The van der Waals surface area contributed by atoms with E-state index in [2.05, 4.69) is 5.32 Å². The minimum absolute atomic E-state index is 0.0540. The largest absolute Gasteiger partial charge is 0.461 e. The van der Waals surface area contributed by atoms with E-state index >= 15 is 0 Å². The zero-order valence-corrected chi connectivity index (χ0v) is 19.8. The van der Waals surface area contributed by atoms with Gasteiger partial charge in [0.1, 0.15) is 18.2 Å². The zero-order chi connectivity index (χ0) is 23.7. The summed E-state index contributed by atoms with van der Waals surface area (Å²) in [5, 5.41) is 3.37. The van der Waals surface area contributed by atoms with Crippen LogP contribution in [-0.4, -0.2) is 29.5 Å². The van der Waals surface area contributed by atoms with Gasteiger partial charge in [0.05, 0.1) is 16.5 Å². The first-order chi connectivity index (χ1) is 15.0. The van der Waals surface area contributed by atoms with Gasteiger partial charge in [-0.25, -0.2) is 4.79 Å². The topological polar surface area (TPSA) is 81.7 Å². The third-order valence-corrected chi connectivity index (χ3v) is 5.15. The molecule has 0 aliphatic heterocycles. The van der Waals surface area contributed by atoms with E-state index in [-0.39, 0.29) is 19.4 Å². The second kappa shape index (κ2) is 11.9. The number of benzene rings is 2. The fourth-order valence-corrected chi connectivity index (χ4v) is 3.20. The summed E-state index contributed by atoms with van der Waals surface area (Å²) in [6.07, 6.45) is 0.0363. The summed E-state index contributed by atoms with van der Waals surface area (Å²) in [6.45, 7) is 5.19. The molecule has 0 fully saturated rings. The minimum atomic E-state index is -1.17. The number of halogens is 2. The van der Waals surface area contributed by atoms with E-state index in [1.54, 1.807) is 39.0 Å². The summed E-state index contributed by atoms with van der Waals surface area (Å²) >= 11 is 12.2. The van der Waals surface area contributed by atoms with Crippen molar-refractivity contribution in [2.75, 3.05) is 0 Å². The Kier molecular flexibility index (Phi) is 9.54. The van der Waals surface area contributed by atoms with Gasteiger partial charge in [0.2, 0.25) is 5.91 Å². The van der Waals surface area contributed by atoms with Gasteiger partial charge >= 0.3 is 11.9 Å². The number of amides is 1. The Labute approximate surface area is 198 Å². The van der Waals surface area contributed by atoms with Gasteiger partial charge in [-0.1, -0.05) is 65.7 Å². The molecular formula is C24H27Cl2NO5. The van der Waals surface area contributed by atoms with Crippen molar-refractivity contribution in [2.24, 2.45) is 0 Å². The lowest BCUT2D eigenvalue weighted by molar-refractivity contribution is -0.162. The monoisotopic (exact) mass is 479 g/mol. The van der Waals surface area contributed by atoms with Crippen LogP contribution in [0.1, 0.15) is 44.7 Å². The van der Waals surface area contributed by atoms with Crippen LogP contribution >= 0.6 is 23.2 Å². The maximum Gasteiger partial charge on any atom is 0.329 e. The first-order valence-corrected chi connectivity index (χ1v) is 11.0. The number of carbonyl (C=O) groups excluding carboxylic acids is 3. The van der Waals surface area contributed by atoms with E-state index in [4.69, 9.17) is 32.7 Å². The smallest absolute Gasteiger partial charge is 0.329 e. The van der Waals surface area contributed by atoms with Gasteiger partial charge in [0.25, 0.3) is 0 Å². The molecule has 0 aliphatic rings. The van der Waals surface area contributed by atoms with Crippen molar-refractivity contribution in [1.82, 2.24) is 5.32 Å². The highest BCUT2D eigenvalue weighted by Gasteiger charge is 2.29. The number of ether oxygens (including phenoxy) is 2. The van der Waals surface area contributed by atoms with Gasteiger partial charge in [-0.2, -0.15) is 0 Å². The van der Waals surface area contributed by atoms with Crippen LogP contribution in [0.2, 0.25) is 10.0 Å². The van der Waals surface area contributed by atoms with Gasteiger partial charge in [-0.05, 0) is 44.4 Å². The fraction of sp³-hybridized carbons (Fsp3) is 0.375. The van der Waals surface area contributed by atoms with Crippen LogP contribution in [0.15, 0.2) is 48.5 Å². The van der Waals surface area contributed by atoms with Crippen LogP contribution in [0.4, 0.5) is 0 Å². The summed E-state index contributed by atoms with van der Waals surface area (Å²) in [5.74, 6) is -1.75. The molecule has 32 heavy (non-hydrogen) atoms. The van der Waals surface area contributed by atoms with Crippen LogP contribution < -0.4 is 5.32 Å². The summed E-state index contributed by atoms with van der Waals surface area (Å²) in [7, 11) is 0. The van der Waals surface area contributed by atoms with Crippen molar-refractivity contribution in [3.8, 4) is 0 Å². The molecule has 0 unspecified atom stereocenters. The molecule has 0 aliphatic carbocycles. The Bertz CT molecular complexity index is 941. The molecule has 1 amide bonds. The van der Waals surface area contributed by atoms with Crippen molar-refractivity contribution in [3.05, 3.63) is 69.7 Å². The molecule has 1 atom stereocenters. The van der Waals surface area contributed by atoms with E-state index in [1.807, 2.05) is 30.3 Å². The Balaban J connectivity index is 1.98. The average Bonchev–Trinajstić information content (AvgIpc) is 2.72. The minimum Gasteiger partial charge on any atom is -0.461 e. The predicted octanol–water partition coefficient (Wildman–Crippen LogP) is 4.89. The number of nitrogens with one attached hydrogen (secondary N) is 1. The van der Waals surface area contributed by atoms with E-state index in [0.717, 1.165) is 5.56 Å². The van der Waals surface area contributed by atoms with Crippen molar-refractivity contribution in [3.63, 3.8) is 0 Å². The molecule has 8 heteroatoms. The molecule has 0 spiro atoms. The maximum atomic E-state index is 12.6. The van der Waals surface area contributed by atoms with Gasteiger partial charge in [-0.3, -0.25) is 9.59 Å². The molecular weight excluding hydrogens is 453 g/mol. The number of esters is 2. The van der Waals surface area contributed by atoms with Crippen molar-refractivity contribution < 1.29 is 23.9 Å². The predicted molar refractivity (Wildman–Crippen MR) is 123 cm³/mol. The van der Waals surface area contributed by atoms with Gasteiger partial charge in [-0.15, -0.1) is 0 Å². The first-order valence-electron chi connectivity index (χ1n) is 10.2. The molecule has 0 bridgehead atoms. The molecule has 2 aromatic rings. The lowest BCUT2D eigenvalue weighted by Gasteiger charge is -2.24. The van der Waals surface area contributed by atoms with Crippen LogP contribution in [0.25, 0.3) is 0 Å². The van der Waals surface area contributed by atoms with Gasteiger partial charge in [0, 0.05) is 6.42 Å². The van der Waals surface area contributed by atoms with Crippen LogP contribution in [0.5, 0.6) is 0 Å². The average molecular weight is 480 g/mol. The number of hydrogen-bond acceptors (Lipinski definition) is 5. The molecule has 2 rings (SSSR count). The van der Waals surface area contributed by atoms with E-state index < -0.39 is 29.5 Å². The highest BCUT2D eigenvalue weighted by atomic mass is 35.5. The van der Waals surface area contributed by atoms with Crippen LogP contribution in [-0.2, 0) is 36.9 Å². The summed E-state index contributed by atoms with van der Waals surface area (Å²) in [6, 6.07) is 13.2. The number of aryl methyl sites for hydroxylation is 1. The lowest BCUT2D eigenvalue weighted by atomic mass is 10.1.